The third-order valence-corrected chi connectivity index (χ3v) is 2.52. The van der Waals surface area contributed by atoms with Crippen LogP contribution in [0.25, 0.3) is 0 Å². The Morgan fingerprint density at radius 2 is 2.36 bits per heavy atom. The van der Waals surface area contributed by atoms with Gasteiger partial charge in [-0.1, -0.05) is 6.08 Å². The van der Waals surface area contributed by atoms with Gasteiger partial charge in [0.15, 0.2) is 0 Å². The van der Waals surface area contributed by atoms with Gasteiger partial charge in [-0.15, -0.1) is 0 Å². The highest BCUT2D eigenvalue weighted by Gasteiger charge is 2.25. The number of carbonyl (C=O) groups is 2. The molecule has 1 rings (SSSR count). The Bertz CT molecular complexity index is 283. The summed E-state index contributed by atoms with van der Waals surface area (Å²) in [6, 6.07) is 0. The fourth-order valence-electron chi connectivity index (χ4n) is 1.55. The minimum absolute atomic E-state index is 0.149. The van der Waals surface area contributed by atoms with E-state index in [4.69, 9.17) is 5.11 Å². The van der Waals surface area contributed by atoms with Gasteiger partial charge in [-0.3, -0.25) is 4.79 Å². The summed E-state index contributed by atoms with van der Waals surface area (Å²) in [4.78, 5) is 23.3. The van der Waals surface area contributed by atoms with E-state index >= 15 is 0 Å². The minimum atomic E-state index is -0.886. The third-order valence-electron chi connectivity index (χ3n) is 2.52. The molecule has 0 saturated carbocycles. The van der Waals surface area contributed by atoms with E-state index in [0.29, 0.717) is 18.4 Å². The van der Waals surface area contributed by atoms with Crippen LogP contribution in [0, 0.1) is 5.92 Å². The third kappa shape index (κ3) is 2.58. The second kappa shape index (κ2) is 4.26. The maximum absolute atomic E-state index is 11.2. The molecule has 0 bridgehead atoms. The standard InChI is InChI=1S/C10H15NO3/c1-7(10(13)14)3-4-8-5-9(12)11(2)6-8/h3,8H,4-6H2,1-2H3,(H,13,14)/b7-3+. The number of allylic oxidation sites excluding steroid dienone is 1. The molecule has 4 nitrogen and oxygen atoms in total. The number of likely N-dealkylation sites (tertiary alicyclic amines) is 1. The summed E-state index contributed by atoms with van der Waals surface area (Å²) >= 11 is 0. The highest BCUT2D eigenvalue weighted by molar-refractivity contribution is 5.85. The number of amides is 1. The number of carboxylic acid groups (broad SMARTS) is 1. The van der Waals surface area contributed by atoms with Gasteiger partial charge in [-0.25, -0.2) is 4.79 Å². The quantitative estimate of drug-likeness (QED) is 0.683. The lowest BCUT2D eigenvalue weighted by atomic mass is 10.0. The SMILES string of the molecule is C/C(=C\CC1CC(=O)N(C)C1)C(=O)O. The zero-order valence-corrected chi connectivity index (χ0v) is 8.49. The molecule has 1 heterocycles. The van der Waals surface area contributed by atoms with Crippen LogP contribution < -0.4 is 0 Å². The average Bonchev–Trinajstić information content (AvgIpc) is 2.42. The van der Waals surface area contributed by atoms with Gasteiger partial charge < -0.3 is 10.0 Å². The van der Waals surface area contributed by atoms with Crippen molar-refractivity contribution in [1.29, 1.82) is 0 Å². The molecule has 1 atom stereocenters. The zero-order chi connectivity index (χ0) is 10.7. The lowest BCUT2D eigenvalue weighted by molar-refractivity contribution is -0.132. The van der Waals surface area contributed by atoms with Crippen molar-refractivity contribution in [2.45, 2.75) is 19.8 Å². The van der Waals surface area contributed by atoms with Crippen molar-refractivity contribution >= 4 is 11.9 Å². The topological polar surface area (TPSA) is 57.6 Å². The maximum Gasteiger partial charge on any atom is 0.330 e. The Balaban J connectivity index is 2.44. The van der Waals surface area contributed by atoms with Gasteiger partial charge >= 0.3 is 5.97 Å². The molecule has 14 heavy (non-hydrogen) atoms. The van der Waals surface area contributed by atoms with Crippen LogP contribution in [0.3, 0.4) is 0 Å². The predicted molar refractivity (Wildman–Crippen MR) is 51.8 cm³/mol. The summed E-state index contributed by atoms with van der Waals surface area (Å²) in [6.07, 6.45) is 2.91. The molecule has 0 radical (unpaired) electrons. The van der Waals surface area contributed by atoms with Crippen molar-refractivity contribution in [3.05, 3.63) is 11.6 Å². The van der Waals surface area contributed by atoms with Crippen LogP contribution in [-0.4, -0.2) is 35.5 Å². The van der Waals surface area contributed by atoms with Crippen LogP contribution in [0.2, 0.25) is 0 Å². The van der Waals surface area contributed by atoms with Crippen LogP contribution >= 0.6 is 0 Å². The average molecular weight is 197 g/mol. The molecule has 78 valence electrons. The largest absolute Gasteiger partial charge is 0.478 e. The fraction of sp³-hybridized carbons (Fsp3) is 0.600. The molecular formula is C10H15NO3. The molecule has 0 spiro atoms. The van der Waals surface area contributed by atoms with Gasteiger partial charge in [0.05, 0.1) is 0 Å². The lowest BCUT2D eigenvalue weighted by Crippen LogP contribution is -2.18. The summed E-state index contributed by atoms with van der Waals surface area (Å²) in [5.41, 5.74) is 0.354. The van der Waals surface area contributed by atoms with E-state index in [-0.39, 0.29) is 11.8 Å². The van der Waals surface area contributed by atoms with Gasteiger partial charge in [-0.2, -0.15) is 0 Å². The number of hydrogen-bond donors (Lipinski definition) is 1. The molecule has 0 aromatic rings. The molecule has 1 aliphatic heterocycles. The van der Waals surface area contributed by atoms with Gasteiger partial charge in [0, 0.05) is 25.6 Å². The fourth-order valence-corrected chi connectivity index (χ4v) is 1.55. The summed E-state index contributed by atoms with van der Waals surface area (Å²) in [6.45, 7) is 2.31. The molecule has 1 saturated heterocycles. The monoisotopic (exact) mass is 197 g/mol. The van der Waals surface area contributed by atoms with Crippen LogP contribution in [0.4, 0.5) is 0 Å². The molecule has 0 aromatic carbocycles. The number of nitrogens with zero attached hydrogens (tertiary/aromatic N) is 1. The molecule has 1 amide bonds. The van der Waals surface area contributed by atoms with Gasteiger partial charge in [-0.05, 0) is 19.3 Å². The van der Waals surface area contributed by atoms with E-state index in [0.717, 1.165) is 6.54 Å². The first-order valence-corrected chi connectivity index (χ1v) is 4.64. The van der Waals surface area contributed by atoms with Crippen molar-refractivity contribution in [1.82, 2.24) is 4.90 Å². The number of hydrogen-bond acceptors (Lipinski definition) is 2. The molecular weight excluding hydrogens is 182 g/mol. The minimum Gasteiger partial charge on any atom is -0.478 e. The number of carbonyl (C=O) groups excluding carboxylic acids is 1. The van der Waals surface area contributed by atoms with Crippen LogP contribution in [0.5, 0.6) is 0 Å². The van der Waals surface area contributed by atoms with E-state index in [1.807, 2.05) is 0 Å². The molecule has 4 heteroatoms. The highest BCUT2D eigenvalue weighted by atomic mass is 16.4. The zero-order valence-electron chi connectivity index (χ0n) is 8.49. The van der Waals surface area contributed by atoms with Crippen molar-refractivity contribution < 1.29 is 14.7 Å². The number of aliphatic carboxylic acids is 1. The predicted octanol–water partition coefficient (Wildman–Crippen LogP) is 0.886. The summed E-state index contributed by atoms with van der Waals surface area (Å²) < 4.78 is 0. The second-order valence-corrected chi connectivity index (χ2v) is 3.77. The molecule has 1 unspecified atom stereocenters. The van der Waals surface area contributed by atoms with Crippen LogP contribution in [-0.2, 0) is 9.59 Å². The number of carboxylic acids is 1. The van der Waals surface area contributed by atoms with E-state index < -0.39 is 5.97 Å². The van der Waals surface area contributed by atoms with Gasteiger partial charge in [0.25, 0.3) is 0 Å². The molecule has 1 aliphatic rings. The van der Waals surface area contributed by atoms with E-state index in [2.05, 4.69) is 0 Å². The Morgan fingerprint density at radius 3 is 2.79 bits per heavy atom. The van der Waals surface area contributed by atoms with Gasteiger partial charge in [0.1, 0.15) is 0 Å². The summed E-state index contributed by atoms with van der Waals surface area (Å²) in [5, 5.41) is 8.61. The van der Waals surface area contributed by atoms with Gasteiger partial charge in [0.2, 0.25) is 5.91 Å². The molecule has 0 aromatic heterocycles. The lowest BCUT2D eigenvalue weighted by Gasteiger charge is -2.07. The first kappa shape index (κ1) is 10.8. The number of rotatable bonds is 3. The van der Waals surface area contributed by atoms with Crippen molar-refractivity contribution in [3.63, 3.8) is 0 Å². The second-order valence-electron chi connectivity index (χ2n) is 3.77. The van der Waals surface area contributed by atoms with E-state index in [9.17, 15) is 9.59 Å². The van der Waals surface area contributed by atoms with E-state index in [1.165, 1.54) is 0 Å². The van der Waals surface area contributed by atoms with Crippen LogP contribution in [0.1, 0.15) is 19.8 Å². The Hall–Kier alpha value is -1.32. The van der Waals surface area contributed by atoms with Crippen molar-refractivity contribution in [2.75, 3.05) is 13.6 Å². The molecule has 1 fully saturated rings. The summed E-state index contributed by atoms with van der Waals surface area (Å²) in [5.74, 6) is -0.458. The highest BCUT2D eigenvalue weighted by Crippen LogP contribution is 2.20. The Kier molecular flexibility index (Phi) is 3.28. The first-order chi connectivity index (χ1) is 6.50. The first-order valence-electron chi connectivity index (χ1n) is 4.64. The molecule has 0 aliphatic carbocycles. The van der Waals surface area contributed by atoms with Crippen molar-refractivity contribution in [2.24, 2.45) is 5.92 Å². The summed E-state index contributed by atoms with van der Waals surface area (Å²) in [7, 11) is 1.77. The Labute approximate surface area is 83.2 Å². The van der Waals surface area contributed by atoms with Crippen LogP contribution in [0.15, 0.2) is 11.6 Å². The Morgan fingerprint density at radius 1 is 1.71 bits per heavy atom. The van der Waals surface area contributed by atoms with E-state index in [1.54, 1.807) is 24.9 Å². The smallest absolute Gasteiger partial charge is 0.330 e. The van der Waals surface area contributed by atoms with Crippen molar-refractivity contribution in [3.8, 4) is 0 Å². The molecule has 1 N–H and O–H groups in total. The maximum atomic E-state index is 11.2. The normalized spacial score (nSPS) is 23.0.